The Hall–Kier alpha value is -9.84. The maximum atomic E-state index is 13.4. The van der Waals surface area contributed by atoms with Gasteiger partial charge in [-0.25, -0.2) is 23.1 Å². The van der Waals surface area contributed by atoms with Gasteiger partial charge in [0.25, 0.3) is 0 Å². The Balaban J connectivity index is 0.000000526. The number of fused-ring (bicyclic) bond motifs is 1. The molecular weight excluding hydrogens is 1800 g/mol. The molecule has 1 aliphatic heterocycles. The molecule has 10 aromatic rings. The molecule has 0 saturated carbocycles. The van der Waals surface area contributed by atoms with E-state index in [2.05, 4.69) is 237 Å². The van der Waals surface area contributed by atoms with E-state index in [9.17, 15) is 13.2 Å². The number of rotatable bonds is 33. The summed E-state index contributed by atoms with van der Waals surface area (Å²) in [5.74, 6) is 14.0. The molecular formula is C121H178Cl2F3N3O11. The second-order valence-corrected chi connectivity index (χ2v) is 42.8. The first-order valence-electron chi connectivity index (χ1n) is 50.7. The summed E-state index contributed by atoms with van der Waals surface area (Å²) in [5.41, 5.74) is 11.7. The molecule has 0 aliphatic carbocycles. The molecule has 0 N–H and O–H groups in total. The Bertz CT molecular complexity index is 4950. The average Bonchev–Trinajstić information content (AvgIpc) is 1.66. The number of benzene rings is 7. The number of pyridine rings is 3. The number of hydrogen-bond donors (Lipinski definition) is 0. The number of nitrogens with zero attached hydrogens (tertiary/aromatic N) is 3. The van der Waals surface area contributed by atoms with E-state index < -0.39 is 0 Å². The molecule has 0 spiro atoms. The summed E-state index contributed by atoms with van der Waals surface area (Å²) in [6.07, 6.45) is 7.09. The number of hydrogen-bond acceptors (Lipinski definition) is 14. The fourth-order valence-corrected chi connectivity index (χ4v) is 12.5. The van der Waals surface area contributed by atoms with Gasteiger partial charge in [-0.1, -0.05) is 299 Å². The van der Waals surface area contributed by atoms with E-state index in [0.717, 1.165) is 95.6 Å². The van der Waals surface area contributed by atoms with E-state index in [0.29, 0.717) is 118 Å². The number of ether oxygens (including phenoxy) is 11. The zero-order valence-electron chi connectivity index (χ0n) is 92.6. The van der Waals surface area contributed by atoms with E-state index >= 15 is 0 Å². The van der Waals surface area contributed by atoms with Crippen LogP contribution in [0.4, 0.5) is 13.2 Å². The Morgan fingerprint density at radius 2 is 0.729 bits per heavy atom. The van der Waals surface area contributed by atoms with Gasteiger partial charge >= 0.3 is 0 Å². The van der Waals surface area contributed by atoms with E-state index in [-0.39, 0.29) is 59.6 Å². The zero-order valence-corrected chi connectivity index (χ0v) is 94.1. The van der Waals surface area contributed by atoms with Crippen molar-refractivity contribution in [3.8, 4) is 63.5 Å². The fourth-order valence-electron chi connectivity index (χ4n) is 12.1. The molecule has 0 atom stereocenters. The van der Waals surface area contributed by atoms with E-state index in [1.165, 1.54) is 51.6 Å². The van der Waals surface area contributed by atoms with Crippen LogP contribution in [0.2, 0.25) is 10.0 Å². The van der Waals surface area contributed by atoms with Crippen LogP contribution in [0.3, 0.4) is 0 Å². The molecule has 1 aliphatic rings. The number of halogens is 5. The molecule has 0 radical (unpaired) electrons. The van der Waals surface area contributed by atoms with Crippen LogP contribution in [0.1, 0.15) is 384 Å². The van der Waals surface area contributed by atoms with Crippen LogP contribution in [-0.4, -0.2) is 79.7 Å². The monoisotopic (exact) mass is 1980 g/mol. The lowest BCUT2D eigenvalue weighted by atomic mass is 9.99. The van der Waals surface area contributed by atoms with Gasteiger partial charge in [0.15, 0.2) is 11.6 Å². The maximum absolute atomic E-state index is 13.4. The first-order chi connectivity index (χ1) is 65.6. The van der Waals surface area contributed by atoms with Crippen LogP contribution in [0.25, 0.3) is 0 Å². The summed E-state index contributed by atoms with van der Waals surface area (Å²) in [4.78, 5) is 12.8. The molecule has 0 amide bonds. The molecule has 14 nitrogen and oxygen atoms in total. The fraction of sp³-hybridized carbons (Fsp3) is 0.529. The van der Waals surface area contributed by atoms with Gasteiger partial charge in [-0.3, -0.25) is 4.98 Å². The largest absolute Gasteiger partial charge is 0.493 e. The molecule has 4 heterocycles. The van der Waals surface area contributed by atoms with E-state index in [4.69, 9.17) is 75.3 Å². The van der Waals surface area contributed by atoms with E-state index in [1.54, 1.807) is 24.3 Å². The van der Waals surface area contributed by atoms with Crippen molar-refractivity contribution >= 4 is 23.2 Å². The summed E-state index contributed by atoms with van der Waals surface area (Å²) in [6, 6.07) is 53.6. The van der Waals surface area contributed by atoms with Crippen LogP contribution in [0.5, 0.6) is 63.5 Å². The van der Waals surface area contributed by atoms with Gasteiger partial charge in [-0.05, 0) is 272 Å². The lowest BCUT2D eigenvalue weighted by molar-refractivity contribution is 0.170. The van der Waals surface area contributed by atoms with E-state index in [1.807, 2.05) is 187 Å². The Morgan fingerprint density at radius 3 is 1.17 bits per heavy atom. The van der Waals surface area contributed by atoms with Crippen LogP contribution >= 0.6 is 23.2 Å². The number of aromatic nitrogens is 3. The van der Waals surface area contributed by atoms with Gasteiger partial charge in [0.2, 0.25) is 24.3 Å². The highest BCUT2D eigenvalue weighted by Gasteiger charge is 2.24. The predicted molar refractivity (Wildman–Crippen MR) is 584 cm³/mol. The molecule has 7 aromatic carbocycles. The normalized spacial score (nSPS) is 11.3. The highest BCUT2D eigenvalue weighted by Crippen LogP contribution is 2.42. The van der Waals surface area contributed by atoms with Crippen LogP contribution in [0, 0.1) is 46.5 Å². The second kappa shape index (κ2) is 66.8. The first-order valence-corrected chi connectivity index (χ1v) is 51.5. The predicted octanol–water partition coefficient (Wildman–Crippen LogP) is 36.5. The van der Waals surface area contributed by atoms with Gasteiger partial charge in [0.1, 0.15) is 51.9 Å². The van der Waals surface area contributed by atoms with Crippen molar-refractivity contribution in [2.24, 2.45) is 29.1 Å². The third kappa shape index (κ3) is 53.9. The van der Waals surface area contributed by atoms with Gasteiger partial charge in [-0.2, -0.15) is 0 Å². The molecule has 3 aromatic heterocycles. The second-order valence-electron chi connectivity index (χ2n) is 42.0. The van der Waals surface area contributed by atoms with Gasteiger partial charge in [0, 0.05) is 54.1 Å². The van der Waals surface area contributed by atoms with Gasteiger partial charge in [0.05, 0.1) is 68.0 Å². The topological polar surface area (TPSA) is 140 Å². The third-order valence-electron chi connectivity index (χ3n) is 20.3. The molecule has 0 saturated heterocycles. The summed E-state index contributed by atoms with van der Waals surface area (Å²) >= 11 is 12.0. The quantitative estimate of drug-likeness (QED) is 0.0385. The van der Waals surface area contributed by atoms with Crippen molar-refractivity contribution < 1.29 is 65.3 Å². The molecule has 140 heavy (non-hydrogen) atoms. The SMILES string of the molecule is CC(C)COc1ccc(C(C)C)cn1.CC(C)COc1ccc(F)c(C(C)C)c1.CC(C)COc1cccc(C(C)C)c1.CC(C)COc1ccnc(C(C)C)c1.CC(C)Oc1cc(C(C)C)ccc1Cl.CC(C)Oc1cc(F)cc(C(C)C)c1.CC(C)Oc1ccc(C(C)C)cc1.CC(C)c1ccc(F)c2c1OCO2.CC(C)c1ccc(OCC(C)(C)C)nc1.CCCOc1cc(C(C)C)ccc1Cl. The van der Waals surface area contributed by atoms with Crippen LogP contribution in [0.15, 0.2) is 188 Å². The van der Waals surface area contributed by atoms with Gasteiger partial charge < -0.3 is 52.1 Å². The lowest BCUT2D eigenvalue weighted by Gasteiger charge is -2.18. The molecule has 0 unspecified atom stereocenters. The van der Waals surface area contributed by atoms with Crippen molar-refractivity contribution in [3.63, 3.8) is 0 Å². The molecule has 11 rings (SSSR count). The van der Waals surface area contributed by atoms with Crippen molar-refractivity contribution in [2.45, 2.75) is 347 Å². The van der Waals surface area contributed by atoms with Crippen LogP contribution in [-0.2, 0) is 0 Å². The standard InChI is InChI=1S/C13H19FO.C13H21NO.C13H20O.2C12H17ClO.C12H17FO.2C12H19NO.C12H18O.C10H11FO2/c1-9(2)8-15-11-5-6-13(14)12(7-11)10(3)4;1-10(2)11-6-7-12(14-8-11)15-9-13(3,4)5;1-10(2)9-14-13-7-5-6-12(8-13)11(3)4;1-8(2)10-5-6-11(13)12(7-10)14-9(3)4;1-4-7-14-12-8-10(9(2)3)5-6-11(12)13;1-8(2)10-5-11(13)7-12(6-10)14-9(3)4;1-9(2)8-14-11-5-6-13-12(7-11)10(3)4;1-9(2)8-14-12-6-5-11(7-13-12)10(3)4;1-9(2)11-5-7-12(8-6-11)13-10(3)4;1-6(2)7-3-4-8(11)10-9(7)12-5-13-10/h5-7,9-10H,8H2,1-4H3;6-8,10H,9H2,1-5H3;5-8,10-11H,9H2,1-4H3;5-9H,1-4H3;5-6,8-9H,4,7H2,1-3H3;5-9H,1-4H3;2*5-7,9-10H,8H2,1-4H3;5-10H,1-4H3;3-4,6H,5H2,1-2H3. The maximum Gasteiger partial charge on any atom is 0.231 e. The minimum atomic E-state index is -0.350. The highest BCUT2D eigenvalue weighted by atomic mass is 35.5. The summed E-state index contributed by atoms with van der Waals surface area (Å²) in [5, 5.41) is 1.38. The van der Waals surface area contributed by atoms with Gasteiger partial charge in [-0.15, -0.1) is 0 Å². The minimum Gasteiger partial charge on any atom is -0.493 e. The summed E-state index contributed by atoms with van der Waals surface area (Å²) in [7, 11) is 0. The summed E-state index contributed by atoms with van der Waals surface area (Å²) in [6.45, 7) is 84.4. The molecule has 0 fully saturated rings. The Morgan fingerprint density at radius 1 is 0.321 bits per heavy atom. The molecule has 0 bridgehead atoms. The highest BCUT2D eigenvalue weighted by molar-refractivity contribution is 6.32. The molecule has 19 heteroatoms. The first kappa shape index (κ1) is 126. The van der Waals surface area contributed by atoms with Crippen molar-refractivity contribution in [3.05, 3.63) is 272 Å². The summed E-state index contributed by atoms with van der Waals surface area (Å²) < 4.78 is 99.9. The average molecular weight is 1980 g/mol. The van der Waals surface area contributed by atoms with Crippen molar-refractivity contribution in [1.29, 1.82) is 0 Å². The minimum absolute atomic E-state index is 0.0804. The Kier molecular flexibility index (Phi) is 60.3. The van der Waals surface area contributed by atoms with Crippen molar-refractivity contribution in [2.75, 3.05) is 46.4 Å². The zero-order chi connectivity index (χ0) is 106. The van der Waals surface area contributed by atoms with Crippen molar-refractivity contribution in [1.82, 2.24) is 15.0 Å². The third-order valence-corrected chi connectivity index (χ3v) is 20.9. The Labute approximate surface area is 855 Å². The lowest BCUT2D eigenvalue weighted by Crippen LogP contribution is -2.17. The molecule has 778 valence electrons. The van der Waals surface area contributed by atoms with Crippen LogP contribution < -0.4 is 52.1 Å². The smallest absolute Gasteiger partial charge is 0.231 e.